The zero-order valence-corrected chi connectivity index (χ0v) is 15.6. The molecule has 4 N–H and O–H groups in total. The molecule has 0 aliphatic carbocycles. The second kappa shape index (κ2) is 7.08. The number of hydrogen-bond donors (Lipinski definition) is 3. The van der Waals surface area contributed by atoms with Crippen LogP contribution in [0.1, 0.15) is 39.9 Å². The average Bonchev–Trinajstić information content (AvgIpc) is 3.20. The molecule has 146 valence electrons. The number of anilines is 1. The summed E-state index contributed by atoms with van der Waals surface area (Å²) < 4.78 is 1.69. The van der Waals surface area contributed by atoms with E-state index in [0.717, 1.165) is 16.7 Å². The van der Waals surface area contributed by atoms with Crippen molar-refractivity contribution in [2.75, 3.05) is 5.32 Å². The molecule has 2 aliphatic rings. The van der Waals surface area contributed by atoms with Crippen molar-refractivity contribution in [2.24, 2.45) is 12.8 Å². The van der Waals surface area contributed by atoms with Crippen LogP contribution in [-0.4, -0.2) is 38.4 Å². The smallest absolute Gasteiger partial charge is 0.255 e. The summed E-state index contributed by atoms with van der Waals surface area (Å²) in [5.74, 6) is -0.184. The predicted octanol–water partition coefficient (Wildman–Crippen LogP) is 0.252. The standard InChI is InChI=1S/C19H22N6O3/c1-24-9-13(7-20)17(23-24)21-8-11-3-2-4-12-10-25(19(28)16(11)12)14-5-6-15(26)22-18(14)27/h2-4,9,14H,5-8,10,20H2,1H3,(H,21,23)(H,22,26,27). The molecular weight excluding hydrogens is 360 g/mol. The molecule has 2 aromatic rings. The Bertz CT molecular complexity index is 967. The number of imide groups is 1. The first-order valence-electron chi connectivity index (χ1n) is 9.20. The van der Waals surface area contributed by atoms with Gasteiger partial charge in [-0.3, -0.25) is 24.4 Å². The van der Waals surface area contributed by atoms with Gasteiger partial charge in [0.1, 0.15) is 6.04 Å². The number of fused-ring (bicyclic) bond motifs is 1. The minimum Gasteiger partial charge on any atom is -0.364 e. The number of amides is 3. The summed E-state index contributed by atoms with van der Waals surface area (Å²) in [6.07, 6.45) is 2.45. The van der Waals surface area contributed by atoms with Crippen LogP contribution in [0.5, 0.6) is 0 Å². The van der Waals surface area contributed by atoms with E-state index < -0.39 is 11.9 Å². The summed E-state index contributed by atoms with van der Waals surface area (Å²) in [4.78, 5) is 38.2. The maximum Gasteiger partial charge on any atom is 0.255 e. The molecule has 9 nitrogen and oxygen atoms in total. The van der Waals surface area contributed by atoms with Crippen molar-refractivity contribution in [3.8, 4) is 0 Å². The lowest BCUT2D eigenvalue weighted by atomic mass is 10.0. The molecule has 1 aromatic heterocycles. The molecule has 1 atom stereocenters. The Morgan fingerprint density at radius 2 is 2.11 bits per heavy atom. The summed E-state index contributed by atoms with van der Waals surface area (Å²) >= 11 is 0. The van der Waals surface area contributed by atoms with Crippen molar-refractivity contribution >= 4 is 23.5 Å². The van der Waals surface area contributed by atoms with Crippen LogP contribution in [0.15, 0.2) is 24.4 Å². The van der Waals surface area contributed by atoms with E-state index in [1.807, 2.05) is 31.4 Å². The van der Waals surface area contributed by atoms with Gasteiger partial charge in [0.15, 0.2) is 5.82 Å². The van der Waals surface area contributed by atoms with E-state index in [0.29, 0.717) is 37.4 Å². The average molecular weight is 382 g/mol. The van der Waals surface area contributed by atoms with E-state index in [1.54, 1.807) is 9.58 Å². The molecule has 3 heterocycles. The van der Waals surface area contributed by atoms with Gasteiger partial charge in [0.25, 0.3) is 5.91 Å². The Kier molecular flexibility index (Phi) is 4.60. The van der Waals surface area contributed by atoms with E-state index in [2.05, 4.69) is 15.7 Å². The van der Waals surface area contributed by atoms with Crippen molar-refractivity contribution in [3.63, 3.8) is 0 Å². The third-order valence-electron chi connectivity index (χ3n) is 5.21. The molecule has 1 saturated heterocycles. The first-order valence-corrected chi connectivity index (χ1v) is 9.20. The molecule has 9 heteroatoms. The van der Waals surface area contributed by atoms with Gasteiger partial charge < -0.3 is 16.0 Å². The zero-order chi connectivity index (χ0) is 19.8. The summed E-state index contributed by atoms with van der Waals surface area (Å²) in [6.45, 7) is 1.15. The number of carbonyl (C=O) groups excluding carboxylic acids is 3. The van der Waals surface area contributed by atoms with Crippen LogP contribution < -0.4 is 16.4 Å². The molecule has 1 aromatic carbocycles. The normalized spacial score (nSPS) is 19.0. The number of aryl methyl sites for hydroxylation is 1. The van der Waals surface area contributed by atoms with Gasteiger partial charge in [-0.1, -0.05) is 18.2 Å². The first kappa shape index (κ1) is 18.2. The largest absolute Gasteiger partial charge is 0.364 e. The second-order valence-corrected chi connectivity index (χ2v) is 7.09. The van der Waals surface area contributed by atoms with Gasteiger partial charge in [-0.15, -0.1) is 0 Å². The van der Waals surface area contributed by atoms with Crippen molar-refractivity contribution < 1.29 is 14.4 Å². The highest BCUT2D eigenvalue weighted by Crippen LogP contribution is 2.30. The Morgan fingerprint density at radius 1 is 1.29 bits per heavy atom. The van der Waals surface area contributed by atoms with Gasteiger partial charge >= 0.3 is 0 Å². The summed E-state index contributed by atoms with van der Waals surface area (Å²) in [5.41, 5.74) is 8.99. The molecule has 2 aliphatic heterocycles. The van der Waals surface area contributed by atoms with Gasteiger partial charge in [-0.05, 0) is 17.5 Å². The number of hydrogen-bond acceptors (Lipinski definition) is 6. The second-order valence-electron chi connectivity index (χ2n) is 7.09. The van der Waals surface area contributed by atoms with Crippen LogP contribution in [0, 0.1) is 0 Å². The number of rotatable bonds is 5. The molecule has 3 amide bonds. The maximum atomic E-state index is 13.1. The fraction of sp³-hybridized carbons (Fsp3) is 0.368. The number of carbonyl (C=O) groups is 3. The van der Waals surface area contributed by atoms with Gasteiger partial charge in [0.05, 0.1) is 0 Å². The Labute approximate surface area is 161 Å². The van der Waals surface area contributed by atoms with Gasteiger partial charge in [-0.25, -0.2) is 0 Å². The molecule has 1 fully saturated rings. The third kappa shape index (κ3) is 3.13. The topological polar surface area (TPSA) is 122 Å². The monoisotopic (exact) mass is 382 g/mol. The SMILES string of the molecule is Cn1cc(CN)c(NCc2cccc3c2C(=O)N(C2CCC(=O)NC2=O)C3)n1. The maximum absolute atomic E-state index is 13.1. The molecule has 0 saturated carbocycles. The van der Waals surface area contributed by atoms with Crippen LogP contribution in [0.3, 0.4) is 0 Å². The molecule has 0 spiro atoms. The number of nitrogens with two attached hydrogens (primary N) is 1. The Morgan fingerprint density at radius 3 is 2.86 bits per heavy atom. The van der Waals surface area contributed by atoms with Crippen molar-refractivity contribution in [2.45, 2.75) is 38.5 Å². The highest BCUT2D eigenvalue weighted by atomic mass is 16.2. The molecule has 4 rings (SSSR count). The number of aromatic nitrogens is 2. The van der Waals surface area contributed by atoms with Crippen LogP contribution in [-0.2, 0) is 36.3 Å². The van der Waals surface area contributed by atoms with Gasteiger partial charge in [-0.2, -0.15) is 5.10 Å². The lowest BCUT2D eigenvalue weighted by molar-refractivity contribution is -0.136. The Hall–Kier alpha value is -3.20. The van der Waals surface area contributed by atoms with Crippen LogP contribution in [0.2, 0.25) is 0 Å². The Balaban J connectivity index is 1.55. The van der Waals surface area contributed by atoms with Crippen molar-refractivity contribution in [1.82, 2.24) is 20.0 Å². The molecule has 28 heavy (non-hydrogen) atoms. The molecule has 0 bridgehead atoms. The van der Waals surface area contributed by atoms with E-state index >= 15 is 0 Å². The number of piperidine rings is 1. The van der Waals surface area contributed by atoms with E-state index in [1.165, 1.54) is 0 Å². The van der Waals surface area contributed by atoms with Crippen LogP contribution in [0.4, 0.5) is 5.82 Å². The number of nitrogens with one attached hydrogen (secondary N) is 2. The number of benzene rings is 1. The first-order chi connectivity index (χ1) is 13.5. The van der Waals surface area contributed by atoms with Gasteiger partial charge in [0.2, 0.25) is 11.8 Å². The predicted molar refractivity (Wildman–Crippen MR) is 101 cm³/mol. The lowest BCUT2D eigenvalue weighted by Crippen LogP contribution is -2.52. The number of nitrogens with zero attached hydrogens (tertiary/aromatic N) is 3. The fourth-order valence-electron chi connectivity index (χ4n) is 3.85. The minimum absolute atomic E-state index is 0.179. The molecule has 1 unspecified atom stereocenters. The quantitative estimate of drug-likeness (QED) is 0.637. The molecule has 0 radical (unpaired) electrons. The fourth-order valence-corrected chi connectivity index (χ4v) is 3.85. The zero-order valence-electron chi connectivity index (χ0n) is 15.6. The van der Waals surface area contributed by atoms with E-state index in [4.69, 9.17) is 5.73 Å². The van der Waals surface area contributed by atoms with Crippen LogP contribution in [0.25, 0.3) is 0 Å². The third-order valence-corrected chi connectivity index (χ3v) is 5.21. The highest BCUT2D eigenvalue weighted by Gasteiger charge is 2.39. The highest BCUT2D eigenvalue weighted by molar-refractivity contribution is 6.06. The summed E-state index contributed by atoms with van der Waals surface area (Å²) in [7, 11) is 1.83. The lowest BCUT2D eigenvalue weighted by Gasteiger charge is -2.29. The minimum atomic E-state index is -0.613. The van der Waals surface area contributed by atoms with Gasteiger partial charge in [0, 0.05) is 50.4 Å². The van der Waals surface area contributed by atoms with Crippen LogP contribution >= 0.6 is 0 Å². The summed E-state index contributed by atoms with van der Waals surface area (Å²) in [5, 5.41) is 9.94. The summed E-state index contributed by atoms with van der Waals surface area (Å²) in [6, 6.07) is 5.08. The van der Waals surface area contributed by atoms with Crippen molar-refractivity contribution in [3.05, 3.63) is 46.6 Å². The van der Waals surface area contributed by atoms with E-state index in [9.17, 15) is 14.4 Å². The van der Waals surface area contributed by atoms with E-state index in [-0.39, 0.29) is 18.2 Å². The van der Waals surface area contributed by atoms with Crippen molar-refractivity contribution in [1.29, 1.82) is 0 Å². The molecular formula is C19H22N6O3.